The summed E-state index contributed by atoms with van der Waals surface area (Å²) in [7, 11) is 3.69. The number of nitrogens with zero attached hydrogens (tertiary/aromatic N) is 3. The van der Waals surface area contributed by atoms with Crippen LogP contribution >= 0.6 is 0 Å². The molecule has 5 rings (SSSR count). The van der Waals surface area contributed by atoms with Crippen molar-refractivity contribution >= 4 is 0 Å². The molecule has 1 aliphatic carbocycles. The average Bonchev–Trinajstić information content (AvgIpc) is 3.21. The maximum absolute atomic E-state index is 11.8. The van der Waals surface area contributed by atoms with E-state index in [0.717, 1.165) is 44.0 Å². The topological polar surface area (TPSA) is 50.5 Å². The Morgan fingerprint density at radius 1 is 1.06 bits per heavy atom. The quantitative estimate of drug-likeness (QED) is 0.676. The highest BCUT2D eigenvalue weighted by Crippen LogP contribution is 2.48. The van der Waals surface area contributed by atoms with Crippen LogP contribution in [0.1, 0.15) is 30.7 Å². The maximum Gasteiger partial charge on any atom is 0.141 e. The lowest BCUT2D eigenvalue weighted by atomic mass is 9.65. The summed E-state index contributed by atoms with van der Waals surface area (Å²) in [5.41, 5.74) is 2.93. The molecular weight excluding hydrogens is 386 g/mol. The second-order valence-corrected chi connectivity index (χ2v) is 9.13. The lowest BCUT2D eigenvalue weighted by Crippen LogP contribution is -2.58. The van der Waals surface area contributed by atoms with Gasteiger partial charge in [-0.2, -0.15) is 0 Å². The fourth-order valence-electron chi connectivity index (χ4n) is 5.68. The molecule has 1 aliphatic heterocycles. The van der Waals surface area contributed by atoms with Crippen LogP contribution in [-0.2, 0) is 19.2 Å². The van der Waals surface area contributed by atoms with E-state index >= 15 is 0 Å². The van der Waals surface area contributed by atoms with Crippen LogP contribution in [0, 0.1) is 11.8 Å². The molecule has 0 amide bonds. The van der Waals surface area contributed by atoms with Gasteiger partial charge in [0.2, 0.25) is 0 Å². The van der Waals surface area contributed by atoms with Gasteiger partial charge in [0.15, 0.2) is 0 Å². The van der Waals surface area contributed by atoms with Crippen molar-refractivity contribution in [1.82, 2.24) is 14.5 Å². The number of imidazole rings is 1. The summed E-state index contributed by atoms with van der Waals surface area (Å²) in [4.78, 5) is 7.07. The number of likely N-dealkylation sites (tertiary alicyclic amines) is 1. The molecule has 0 radical (unpaired) electrons. The van der Waals surface area contributed by atoms with Gasteiger partial charge in [-0.15, -0.1) is 0 Å². The molecule has 0 spiro atoms. The minimum atomic E-state index is -0.808. The van der Waals surface area contributed by atoms with E-state index in [0.29, 0.717) is 0 Å². The second-order valence-electron chi connectivity index (χ2n) is 9.13. The first kappa shape index (κ1) is 20.3. The zero-order chi connectivity index (χ0) is 21.4. The molecule has 2 bridgehead atoms. The molecule has 162 valence electrons. The minimum absolute atomic E-state index is 0.228. The SMILES string of the molecule is COc1ccc(-c2cccc(CN3CC4CCCC(C3)C4(O)c3nccn3C)c2)cc1. The Hall–Kier alpha value is -2.63. The van der Waals surface area contributed by atoms with E-state index in [1.165, 1.54) is 23.1 Å². The van der Waals surface area contributed by atoms with Gasteiger partial charge in [-0.3, -0.25) is 4.90 Å². The van der Waals surface area contributed by atoms with Gasteiger partial charge in [0, 0.05) is 50.9 Å². The summed E-state index contributed by atoms with van der Waals surface area (Å²) in [6, 6.07) is 17.0. The third-order valence-electron chi connectivity index (χ3n) is 7.24. The molecule has 5 heteroatoms. The van der Waals surface area contributed by atoms with Crippen LogP contribution in [-0.4, -0.2) is 39.8 Å². The Labute approximate surface area is 184 Å². The third-order valence-corrected chi connectivity index (χ3v) is 7.24. The summed E-state index contributed by atoms with van der Waals surface area (Å²) >= 11 is 0. The predicted octanol–water partition coefficient (Wildman–Crippen LogP) is 4.22. The number of rotatable bonds is 5. The summed E-state index contributed by atoms with van der Waals surface area (Å²) in [6.07, 6.45) is 7.06. The van der Waals surface area contributed by atoms with Gasteiger partial charge >= 0.3 is 0 Å². The van der Waals surface area contributed by atoms with Crippen molar-refractivity contribution in [3.8, 4) is 16.9 Å². The Bertz CT molecular complexity index is 1030. The standard InChI is InChI=1S/C26H31N3O2/c1-28-14-13-27-25(28)26(30)22-7-4-8-23(26)18-29(17-22)16-19-5-3-6-21(15-19)20-9-11-24(31-2)12-10-20/h3,5-6,9-15,22-23,30H,4,7-8,16-18H2,1-2H3. The van der Waals surface area contributed by atoms with Crippen molar-refractivity contribution in [2.24, 2.45) is 18.9 Å². The third kappa shape index (κ3) is 3.66. The van der Waals surface area contributed by atoms with Crippen molar-refractivity contribution in [3.05, 3.63) is 72.3 Å². The van der Waals surface area contributed by atoms with Crippen molar-refractivity contribution < 1.29 is 9.84 Å². The zero-order valence-corrected chi connectivity index (χ0v) is 18.4. The molecule has 31 heavy (non-hydrogen) atoms. The maximum atomic E-state index is 11.8. The highest BCUT2D eigenvalue weighted by atomic mass is 16.5. The number of methoxy groups -OCH3 is 1. The fourth-order valence-corrected chi connectivity index (χ4v) is 5.68. The summed E-state index contributed by atoms with van der Waals surface area (Å²) < 4.78 is 7.28. The lowest BCUT2D eigenvalue weighted by molar-refractivity contribution is -0.155. The number of benzene rings is 2. The van der Waals surface area contributed by atoms with Gasteiger partial charge in [-0.05, 0) is 47.7 Å². The number of aromatic nitrogens is 2. The molecule has 1 saturated heterocycles. The molecule has 1 aromatic heterocycles. The number of aryl methyl sites for hydroxylation is 1. The predicted molar refractivity (Wildman–Crippen MR) is 122 cm³/mol. The molecule has 2 aliphatic rings. The first-order chi connectivity index (χ1) is 15.1. The van der Waals surface area contributed by atoms with Crippen LogP contribution in [0.5, 0.6) is 5.75 Å². The van der Waals surface area contributed by atoms with Gasteiger partial charge in [-0.25, -0.2) is 4.98 Å². The van der Waals surface area contributed by atoms with Crippen molar-refractivity contribution in [3.63, 3.8) is 0 Å². The van der Waals surface area contributed by atoms with Gasteiger partial charge in [0.25, 0.3) is 0 Å². The molecule has 2 fully saturated rings. The van der Waals surface area contributed by atoms with Gasteiger partial charge in [-0.1, -0.05) is 36.8 Å². The van der Waals surface area contributed by atoms with E-state index in [1.807, 2.05) is 29.9 Å². The first-order valence-corrected chi connectivity index (χ1v) is 11.2. The summed E-state index contributed by atoms with van der Waals surface area (Å²) in [5.74, 6) is 2.17. The molecule has 1 N–H and O–H groups in total. The van der Waals surface area contributed by atoms with Crippen molar-refractivity contribution in [1.29, 1.82) is 0 Å². The van der Waals surface area contributed by atoms with E-state index in [4.69, 9.17) is 4.74 Å². The molecule has 5 nitrogen and oxygen atoms in total. The lowest BCUT2D eigenvalue weighted by Gasteiger charge is -2.52. The van der Waals surface area contributed by atoms with Crippen LogP contribution in [0.4, 0.5) is 0 Å². The first-order valence-electron chi connectivity index (χ1n) is 11.2. The largest absolute Gasteiger partial charge is 0.497 e. The summed E-state index contributed by atoms with van der Waals surface area (Å²) in [6.45, 7) is 2.73. The normalized spacial score (nSPS) is 26.0. The number of hydrogen-bond donors (Lipinski definition) is 1. The molecule has 1 saturated carbocycles. The molecule has 3 aromatic rings. The van der Waals surface area contributed by atoms with Crippen LogP contribution < -0.4 is 4.74 Å². The Morgan fingerprint density at radius 2 is 1.81 bits per heavy atom. The summed E-state index contributed by atoms with van der Waals surface area (Å²) in [5, 5.41) is 11.8. The van der Waals surface area contributed by atoms with E-state index < -0.39 is 5.60 Å². The van der Waals surface area contributed by atoms with Gasteiger partial charge in [0.05, 0.1) is 7.11 Å². The zero-order valence-electron chi connectivity index (χ0n) is 18.4. The molecule has 2 aromatic carbocycles. The number of hydrogen-bond acceptors (Lipinski definition) is 4. The number of ether oxygens (including phenoxy) is 1. The van der Waals surface area contributed by atoms with Crippen molar-refractivity contribution in [2.45, 2.75) is 31.4 Å². The molecule has 2 heterocycles. The number of piperidine rings is 1. The van der Waals surface area contributed by atoms with E-state index in [2.05, 4.69) is 46.3 Å². The van der Waals surface area contributed by atoms with E-state index in [1.54, 1.807) is 13.3 Å². The van der Waals surface area contributed by atoms with Gasteiger partial charge in [0.1, 0.15) is 17.2 Å². The van der Waals surface area contributed by atoms with Crippen LogP contribution in [0.3, 0.4) is 0 Å². The van der Waals surface area contributed by atoms with E-state index in [-0.39, 0.29) is 11.8 Å². The molecule has 2 atom stereocenters. The highest BCUT2D eigenvalue weighted by molar-refractivity contribution is 5.64. The van der Waals surface area contributed by atoms with E-state index in [9.17, 15) is 5.11 Å². The van der Waals surface area contributed by atoms with Gasteiger partial charge < -0.3 is 14.4 Å². The Kier molecular flexibility index (Phi) is 5.32. The van der Waals surface area contributed by atoms with Crippen LogP contribution in [0.15, 0.2) is 60.9 Å². The Morgan fingerprint density at radius 3 is 2.45 bits per heavy atom. The van der Waals surface area contributed by atoms with Crippen LogP contribution in [0.2, 0.25) is 0 Å². The Balaban J connectivity index is 1.35. The fraction of sp³-hybridized carbons (Fsp3) is 0.423. The average molecular weight is 418 g/mol. The van der Waals surface area contributed by atoms with Crippen molar-refractivity contribution in [2.75, 3.05) is 20.2 Å². The molecular formula is C26H31N3O2. The second kappa shape index (κ2) is 8.13. The molecule has 2 unspecified atom stereocenters. The smallest absolute Gasteiger partial charge is 0.141 e. The number of aliphatic hydroxyl groups is 1. The van der Waals surface area contributed by atoms with Crippen LogP contribution in [0.25, 0.3) is 11.1 Å². The minimum Gasteiger partial charge on any atom is -0.497 e. The number of fused-ring (bicyclic) bond motifs is 2. The monoisotopic (exact) mass is 417 g/mol. The highest BCUT2D eigenvalue weighted by Gasteiger charge is 2.53.